The number of piperidine rings is 1. The molecule has 2 amide bonds. The van der Waals surface area contributed by atoms with Gasteiger partial charge in [0.15, 0.2) is 5.78 Å². The lowest BCUT2D eigenvalue weighted by atomic mass is 9.80. The van der Waals surface area contributed by atoms with Crippen LogP contribution in [0.15, 0.2) is 24.3 Å². The Morgan fingerprint density at radius 1 is 1.10 bits per heavy atom. The maximum Gasteiger partial charge on any atom is 0.251 e. The third-order valence-corrected chi connectivity index (χ3v) is 10.2. The second-order valence-electron chi connectivity index (χ2n) is 13.3. The monoisotopic (exact) mass is 567 g/mol. The van der Waals surface area contributed by atoms with E-state index in [0.29, 0.717) is 31.8 Å². The molecule has 4 aliphatic rings. The van der Waals surface area contributed by atoms with Crippen molar-refractivity contribution < 1.29 is 23.9 Å². The van der Waals surface area contributed by atoms with E-state index in [2.05, 4.69) is 16.7 Å². The molecule has 5 rings (SSSR count). The first-order chi connectivity index (χ1) is 19.7. The van der Waals surface area contributed by atoms with Gasteiger partial charge in [0.1, 0.15) is 0 Å². The fraction of sp³-hybridized carbons (Fsp3) is 0.727. The van der Waals surface area contributed by atoms with Crippen LogP contribution >= 0.6 is 0 Å². The molecular formula is C33H49N3O5. The van der Waals surface area contributed by atoms with Gasteiger partial charge in [-0.05, 0) is 62.1 Å². The smallest absolute Gasteiger partial charge is 0.251 e. The summed E-state index contributed by atoms with van der Waals surface area (Å²) in [5.41, 5.74) is 1.31. The van der Waals surface area contributed by atoms with Crippen molar-refractivity contribution in [3.05, 3.63) is 35.4 Å². The molecule has 1 aromatic rings. The lowest BCUT2D eigenvalue weighted by Gasteiger charge is -2.34. The molecule has 2 N–H and O–H groups in total. The summed E-state index contributed by atoms with van der Waals surface area (Å²) in [5.74, 6) is 0.339. The van der Waals surface area contributed by atoms with Gasteiger partial charge in [-0.3, -0.25) is 14.4 Å². The number of ketones is 1. The van der Waals surface area contributed by atoms with Crippen LogP contribution in [0.25, 0.3) is 0 Å². The van der Waals surface area contributed by atoms with Gasteiger partial charge in [0.2, 0.25) is 5.91 Å². The molecule has 8 nitrogen and oxygen atoms in total. The Hall–Kier alpha value is -2.29. The van der Waals surface area contributed by atoms with Crippen molar-refractivity contribution in [1.82, 2.24) is 15.5 Å². The standard InChI is InChI=1S/C33H49N3O5/c1-23(2)30(38)29(24-9-5-4-6-10-24)35-31(39)26-12-7-11-25(17-26)27-13-8-16-36(19-27)28(37)18-34-21-32-14-15-33(20-32,40-3)22-41-32/h7,11-12,17,23-24,27,29,34H,4-6,8-10,13-16,18-22H2,1-3H3,(H,35,39). The summed E-state index contributed by atoms with van der Waals surface area (Å²) >= 11 is 0. The van der Waals surface area contributed by atoms with Crippen LogP contribution in [0.3, 0.4) is 0 Å². The van der Waals surface area contributed by atoms with Crippen LogP contribution in [-0.2, 0) is 19.1 Å². The van der Waals surface area contributed by atoms with Crippen LogP contribution in [0, 0.1) is 11.8 Å². The van der Waals surface area contributed by atoms with Crippen LogP contribution < -0.4 is 10.6 Å². The van der Waals surface area contributed by atoms with E-state index in [1.165, 1.54) is 6.42 Å². The number of carbonyl (C=O) groups is 3. The van der Waals surface area contributed by atoms with E-state index < -0.39 is 6.04 Å². The average molecular weight is 568 g/mol. The number of ether oxygens (including phenoxy) is 2. The fourth-order valence-electron chi connectivity index (χ4n) is 7.58. The Bertz CT molecular complexity index is 1090. The number of nitrogens with zero attached hydrogens (tertiary/aromatic N) is 1. The highest BCUT2D eigenvalue weighted by molar-refractivity contribution is 5.98. The lowest BCUT2D eigenvalue weighted by molar-refractivity contribution is -0.131. The number of benzene rings is 1. The molecule has 2 saturated heterocycles. The maximum atomic E-state index is 13.4. The summed E-state index contributed by atoms with van der Waals surface area (Å²) in [6, 6.07) is 7.35. The van der Waals surface area contributed by atoms with E-state index in [4.69, 9.17) is 9.47 Å². The Kier molecular flexibility index (Phi) is 9.51. The minimum atomic E-state index is -0.425. The number of amides is 2. The highest BCUT2D eigenvalue weighted by atomic mass is 16.6. The molecule has 4 fully saturated rings. The third-order valence-electron chi connectivity index (χ3n) is 10.2. The van der Waals surface area contributed by atoms with Crippen molar-refractivity contribution in [2.24, 2.45) is 11.8 Å². The SMILES string of the molecule is COC12CCC(CNCC(=O)N3CCCC(c4cccc(C(=O)NC(C(=O)C(C)C)C5CCCCC5)c4)C3)(C1)OC2. The van der Waals surface area contributed by atoms with E-state index >= 15 is 0 Å². The molecule has 4 atom stereocenters. The van der Waals surface area contributed by atoms with E-state index in [9.17, 15) is 14.4 Å². The number of likely N-dealkylation sites (tertiary alicyclic amines) is 1. The Morgan fingerprint density at radius 2 is 1.90 bits per heavy atom. The minimum Gasteiger partial charge on any atom is -0.376 e. The van der Waals surface area contributed by atoms with Crippen LogP contribution in [0.5, 0.6) is 0 Å². The molecule has 2 heterocycles. The Morgan fingerprint density at radius 3 is 2.59 bits per heavy atom. The predicted octanol–water partition coefficient (Wildman–Crippen LogP) is 4.22. The van der Waals surface area contributed by atoms with Gasteiger partial charge in [-0.2, -0.15) is 0 Å². The van der Waals surface area contributed by atoms with Crippen LogP contribution in [0.1, 0.15) is 99.9 Å². The van der Waals surface area contributed by atoms with E-state index in [1.807, 2.05) is 36.9 Å². The van der Waals surface area contributed by atoms with Crippen molar-refractivity contribution in [2.45, 2.75) is 101 Å². The van der Waals surface area contributed by atoms with Crippen molar-refractivity contribution in [3.8, 4) is 0 Å². The molecule has 2 bridgehead atoms. The molecular weight excluding hydrogens is 518 g/mol. The molecule has 226 valence electrons. The highest BCUT2D eigenvalue weighted by Gasteiger charge is 2.55. The summed E-state index contributed by atoms with van der Waals surface area (Å²) in [4.78, 5) is 41.6. The second-order valence-corrected chi connectivity index (χ2v) is 13.3. The predicted molar refractivity (Wildman–Crippen MR) is 158 cm³/mol. The van der Waals surface area contributed by atoms with Crippen molar-refractivity contribution in [3.63, 3.8) is 0 Å². The fourth-order valence-corrected chi connectivity index (χ4v) is 7.58. The van der Waals surface area contributed by atoms with Crippen LogP contribution in [0.2, 0.25) is 0 Å². The number of methoxy groups -OCH3 is 1. The molecule has 2 saturated carbocycles. The normalized spacial score (nSPS) is 29.1. The first kappa shape index (κ1) is 30.2. The lowest BCUT2D eigenvalue weighted by Crippen LogP contribution is -2.48. The summed E-state index contributed by atoms with van der Waals surface area (Å²) in [6.45, 7) is 6.84. The largest absolute Gasteiger partial charge is 0.376 e. The van der Waals surface area contributed by atoms with Gasteiger partial charge < -0.3 is 25.0 Å². The van der Waals surface area contributed by atoms with Crippen molar-refractivity contribution >= 4 is 17.6 Å². The Balaban J connectivity index is 1.16. The van der Waals surface area contributed by atoms with Gasteiger partial charge in [0.25, 0.3) is 5.91 Å². The summed E-state index contributed by atoms with van der Waals surface area (Å²) in [6.07, 6.45) is 10.2. The zero-order valence-electron chi connectivity index (χ0n) is 25.2. The molecule has 0 aromatic heterocycles. The summed E-state index contributed by atoms with van der Waals surface area (Å²) in [5, 5.41) is 6.50. The number of nitrogens with one attached hydrogen (secondary N) is 2. The summed E-state index contributed by atoms with van der Waals surface area (Å²) in [7, 11) is 1.76. The quantitative estimate of drug-likeness (QED) is 0.416. The molecule has 8 heteroatoms. The maximum absolute atomic E-state index is 13.4. The molecule has 1 aromatic carbocycles. The Labute approximate surface area is 245 Å². The number of carbonyl (C=O) groups excluding carboxylic acids is 3. The molecule has 0 spiro atoms. The first-order valence-corrected chi connectivity index (χ1v) is 15.9. The van der Waals surface area contributed by atoms with Crippen molar-refractivity contribution in [1.29, 1.82) is 0 Å². The first-order valence-electron chi connectivity index (χ1n) is 15.9. The van der Waals surface area contributed by atoms with E-state index in [1.54, 1.807) is 7.11 Å². The number of fused-ring (bicyclic) bond motifs is 2. The minimum absolute atomic E-state index is 0.108. The van der Waals surface area contributed by atoms with E-state index in [0.717, 1.165) is 69.9 Å². The second kappa shape index (κ2) is 12.9. The van der Waals surface area contributed by atoms with Gasteiger partial charge in [0, 0.05) is 50.6 Å². The summed E-state index contributed by atoms with van der Waals surface area (Å²) < 4.78 is 11.8. The third kappa shape index (κ3) is 6.86. The topological polar surface area (TPSA) is 97.0 Å². The van der Waals surface area contributed by atoms with Gasteiger partial charge >= 0.3 is 0 Å². The number of Topliss-reactive ketones (excluding diaryl/α,β-unsaturated/α-hetero) is 1. The molecule has 2 aliphatic heterocycles. The zero-order chi connectivity index (χ0) is 29.0. The molecule has 2 aliphatic carbocycles. The number of rotatable bonds is 11. The molecule has 0 radical (unpaired) electrons. The van der Waals surface area contributed by atoms with E-state index in [-0.39, 0.29) is 46.6 Å². The van der Waals surface area contributed by atoms with Gasteiger partial charge in [-0.15, -0.1) is 0 Å². The highest BCUT2D eigenvalue weighted by Crippen LogP contribution is 2.48. The molecule has 41 heavy (non-hydrogen) atoms. The van der Waals surface area contributed by atoms with Gasteiger partial charge in [-0.1, -0.05) is 45.2 Å². The van der Waals surface area contributed by atoms with Gasteiger partial charge in [-0.25, -0.2) is 0 Å². The number of hydrogen-bond acceptors (Lipinski definition) is 6. The van der Waals surface area contributed by atoms with Crippen LogP contribution in [0.4, 0.5) is 0 Å². The van der Waals surface area contributed by atoms with Crippen molar-refractivity contribution in [2.75, 3.05) is 39.9 Å². The molecule has 4 unspecified atom stereocenters. The van der Waals surface area contributed by atoms with Gasteiger partial charge in [0.05, 0.1) is 30.4 Å². The zero-order valence-corrected chi connectivity index (χ0v) is 25.2. The average Bonchev–Trinajstić information content (AvgIpc) is 3.57. The number of hydrogen-bond donors (Lipinski definition) is 2. The van der Waals surface area contributed by atoms with Crippen LogP contribution in [-0.4, -0.2) is 79.6 Å².